The highest BCUT2D eigenvalue weighted by atomic mass is 16.5. The van der Waals surface area contributed by atoms with Gasteiger partial charge in [-0.1, -0.05) is 5.16 Å². The molecule has 1 aromatic carbocycles. The van der Waals surface area contributed by atoms with Crippen LogP contribution in [0.3, 0.4) is 0 Å². The van der Waals surface area contributed by atoms with E-state index in [9.17, 15) is 4.79 Å². The first-order valence-corrected chi connectivity index (χ1v) is 7.08. The molecule has 0 unspecified atom stereocenters. The highest BCUT2D eigenvalue weighted by Gasteiger charge is 2.14. The molecule has 2 heterocycles. The van der Waals surface area contributed by atoms with Gasteiger partial charge in [-0.05, 0) is 30.3 Å². The fourth-order valence-electron chi connectivity index (χ4n) is 2.07. The molecule has 0 aliphatic carbocycles. The topological polar surface area (TPSA) is 99.6 Å². The monoisotopic (exact) mass is 329 g/mol. The molecule has 24 heavy (non-hydrogen) atoms. The smallest absolute Gasteiger partial charge is 0.287 e. The lowest BCUT2D eigenvalue weighted by Crippen LogP contribution is -2.22. The van der Waals surface area contributed by atoms with Crippen molar-refractivity contribution in [3.05, 3.63) is 48.2 Å². The summed E-state index contributed by atoms with van der Waals surface area (Å²) in [6, 6.07) is 8.49. The van der Waals surface area contributed by atoms with Crippen molar-refractivity contribution in [1.29, 1.82) is 0 Å². The van der Waals surface area contributed by atoms with Crippen LogP contribution in [0, 0.1) is 0 Å². The molecule has 124 valence electrons. The molecule has 0 spiro atoms. The van der Waals surface area contributed by atoms with E-state index in [0.29, 0.717) is 22.9 Å². The third kappa shape index (κ3) is 3.22. The summed E-state index contributed by atoms with van der Waals surface area (Å²) in [5, 5.41) is 6.53. The Balaban J connectivity index is 1.70. The lowest BCUT2D eigenvalue weighted by Gasteiger charge is -2.07. The number of benzene rings is 1. The lowest BCUT2D eigenvalue weighted by atomic mass is 10.2. The second-order valence-electron chi connectivity index (χ2n) is 4.74. The van der Waals surface area contributed by atoms with Crippen molar-refractivity contribution in [1.82, 2.24) is 15.5 Å². The third-order valence-corrected chi connectivity index (χ3v) is 3.25. The summed E-state index contributed by atoms with van der Waals surface area (Å²) in [5.41, 5.74) is 0.708. The predicted octanol–water partition coefficient (Wildman–Crippen LogP) is 2.28. The van der Waals surface area contributed by atoms with Gasteiger partial charge >= 0.3 is 0 Å². The third-order valence-electron chi connectivity index (χ3n) is 3.25. The zero-order chi connectivity index (χ0) is 16.9. The molecule has 0 saturated carbocycles. The second kappa shape index (κ2) is 6.86. The Hall–Kier alpha value is -3.29. The Morgan fingerprint density at radius 3 is 2.75 bits per heavy atom. The number of nitrogens with zero attached hydrogens (tertiary/aromatic N) is 2. The van der Waals surface area contributed by atoms with Gasteiger partial charge in [0.05, 0.1) is 27.0 Å². The van der Waals surface area contributed by atoms with Crippen LogP contribution < -0.4 is 14.8 Å². The summed E-state index contributed by atoms with van der Waals surface area (Å²) in [5.74, 6) is 1.70. The average Bonchev–Trinajstić information content (AvgIpc) is 3.30. The van der Waals surface area contributed by atoms with Gasteiger partial charge < -0.3 is 23.7 Å². The van der Waals surface area contributed by atoms with Gasteiger partial charge in [0.15, 0.2) is 17.3 Å². The molecule has 3 rings (SSSR count). The van der Waals surface area contributed by atoms with E-state index in [1.54, 1.807) is 44.6 Å². The molecule has 0 bridgehead atoms. The maximum Gasteiger partial charge on any atom is 0.287 e. The number of carbonyl (C=O) groups excluding carboxylic acids is 1. The summed E-state index contributed by atoms with van der Waals surface area (Å²) in [6.45, 7) is 0.0970. The van der Waals surface area contributed by atoms with E-state index < -0.39 is 0 Å². The molecular formula is C16H15N3O5. The van der Waals surface area contributed by atoms with Gasteiger partial charge in [0.2, 0.25) is 11.7 Å². The number of carbonyl (C=O) groups is 1. The van der Waals surface area contributed by atoms with E-state index in [-0.39, 0.29) is 24.1 Å². The number of hydrogen-bond acceptors (Lipinski definition) is 7. The van der Waals surface area contributed by atoms with Crippen LogP contribution >= 0.6 is 0 Å². The Morgan fingerprint density at radius 2 is 2.04 bits per heavy atom. The molecule has 3 aromatic rings. The highest BCUT2D eigenvalue weighted by Crippen LogP contribution is 2.31. The van der Waals surface area contributed by atoms with Gasteiger partial charge in [-0.15, -0.1) is 0 Å². The van der Waals surface area contributed by atoms with Crippen molar-refractivity contribution in [3.8, 4) is 22.9 Å². The minimum absolute atomic E-state index is 0.0970. The predicted molar refractivity (Wildman–Crippen MR) is 82.7 cm³/mol. The zero-order valence-electron chi connectivity index (χ0n) is 13.1. The minimum atomic E-state index is -0.356. The first-order chi connectivity index (χ1) is 11.7. The molecule has 2 aromatic heterocycles. The van der Waals surface area contributed by atoms with Crippen molar-refractivity contribution in [2.75, 3.05) is 14.2 Å². The second-order valence-corrected chi connectivity index (χ2v) is 4.74. The molecule has 1 amide bonds. The fourth-order valence-corrected chi connectivity index (χ4v) is 2.07. The van der Waals surface area contributed by atoms with Crippen molar-refractivity contribution >= 4 is 5.91 Å². The number of aromatic nitrogens is 2. The van der Waals surface area contributed by atoms with Crippen molar-refractivity contribution in [2.24, 2.45) is 0 Å². The van der Waals surface area contributed by atoms with E-state index in [1.807, 2.05) is 0 Å². The normalized spacial score (nSPS) is 10.4. The number of rotatable bonds is 6. The first-order valence-electron chi connectivity index (χ1n) is 7.08. The van der Waals surface area contributed by atoms with Gasteiger partial charge in [0, 0.05) is 5.56 Å². The molecule has 0 fully saturated rings. The van der Waals surface area contributed by atoms with Crippen LogP contribution in [-0.2, 0) is 6.54 Å². The average molecular weight is 329 g/mol. The largest absolute Gasteiger partial charge is 0.493 e. The zero-order valence-corrected chi connectivity index (χ0v) is 13.1. The molecule has 8 heteroatoms. The quantitative estimate of drug-likeness (QED) is 0.740. The van der Waals surface area contributed by atoms with Crippen LogP contribution in [0.2, 0.25) is 0 Å². The maximum atomic E-state index is 11.8. The van der Waals surface area contributed by atoms with Crippen LogP contribution in [0.15, 0.2) is 45.5 Å². The Kier molecular flexibility index (Phi) is 4.46. The van der Waals surface area contributed by atoms with Crippen molar-refractivity contribution in [3.63, 3.8) is 0 Å². The number of hydrogen-bond donors (Lipinski definition) is 1. The number of amides is 1. The van der Waals surface area contributed by atoms with Crippen LogP contribution in [0.5, 0.6) is 11.5 Å². The molecule has 0 aliphatic rings. The maximum absolute atomic E-state index is 11.8. The van der Waals surface area contributed by atoms with Gasteiger partial charge in [-0.25, -0.2) is 0 Å². The molecule has 0 radical (unpaired) electrons. The molecule has 0 aliphatic heterocycles. The standard InChI is InChI=1S/C16H15N3O5/c1-21-11-6-5-10(8-13(11)22-2)15-18-14(24-19-15)9-17-16(20)12-4-3-7-23-12/h3-8H,9H2,1-2H3,(H,17,20). The van der Waals surface area contributed by atoms with Crippen LogP contribution in [0.1, 0.15) is 16.4 Å². The molecule has 8 nitrogen and oxygen atoms in total. The SMILES string of the molecule is COc1ccc(-c2noc(CNC(=O)c3ccco3)n2)cc1OC. The Labute approximate surface area is 137 Å². The number of ether oxygens (including phenoxy) is 2. The van der Waals surface area contributed by atoms with Gasteiger partial charge in [-0.2, -0.15) is 4.98 Å². The van der Waals surface area contributed by atoms with Gasteiger partial charge in [0.25, 0.3) is 5.91 Å². The van der Waals surface area contributed by atoms with Gasteiger partial charge in [0.1, 0.15) is 0 Å². The highest BCUT2D eigenvalue weighted by molar-refractivity contribution is 5.91. The van der Waals surface area contributed by atoms with Crippen LogP contribution in [-0.4, -0.2) is 30.3 Å². The summed E-state index contributed by atoms with van der Waals surface area (Å²) in [4.78, 5) is 16.0. The van der Waals surface area contributed by atoms with E-state index in [1.165, 1.54) is 6.26 Å². The number of methoxy groups -OCH3 is 2. The van der Waals surface area contributed by atoms with Crippen molar-refractivity contribution < 1.29 is 23.2 Å². The lowest BCUT2D eigenvalue weighted by molar-refractivity contribution is 0.0918. The van der Waals surface area contributed by atoms with E-state index >= 15 is 0 Å². The van der Waals surface area contributed by atoms with Crippen LogP contribution in [0.4, 0.5) is 0 Å². The number of nitrogens with one attached hydrogen (secondary N) is 1. The molecule has 1 N–H and O–H groups in total. The van der Waals surface area contributed by atoms with E-state index in [0.717, 1.165) is 0 Å². The first kappa shape index (κ1) is 15.6. The molecule has 0 atom stereocenters. The van der Waals surface area contributed by atoms with E-state index in [2.05, 4.69) is 15.5 Å². The summed E-state index contributed by atoms with van der Waals surface area (Å²) in [6.07, 6.45) is 1.43. The van der Waals surface area contributed by atoms with E-state index in [4.69, 9.17) is 18.4 Å². The minimum Gasteiger partial charge on any atom is -0.493 e. The molecule has 0 saturated heterocycles. The van der Waals surface area contributed by atoms with Gasteiger partial charge in [-0.3, -0.25) is 4.79 Å². The van der Waals surface area contributed by atoms with Crippen LogP contribution in [0.25, 0.3) is 11.4 Å². The summed E-state index contributed by atoms with van der Waals surface area (Å²) in [7, 11) is 3.11. The number of furan rings is 1. The van der Waals surface area contributed by atoms with Crippen molar-refractivity contribution in [2.45, 2.75) is 6.54 Å². The summed E-state index contributed by atoms with van der Waals surface area (Å²) < 4.78 is 20.6. The fraction of sp³-hybridized carbons (Fsp3) is 0.188. The Bertz CT molecular complexity index is 826. The Morgan fingerprint density at radius 1 is 1.21 bits per heavy atom. The molecular weight excluding hydrogens is 314 g/mol. The summed E-state index contributed by atoms with van der Waals surface area (Å²) >= 11 is 0.